The molecular formula is C20H19N3O2. The molecule has 4 rings (SSSR count). The summed E-state index contributed by atoms with van der Waals surface area (Å²) in [6.07, 6.45) is 7.20. The van der Waals surface area contributed by atoms with Gasteiger partial charge in [-0.2, -0.15) is 0 Å². The topological polar surface area (TPSA) is 58.5 Å². The molecule has 0 spiro atoms. The quantitative estimate of drug-likeness (QED) is 0.797. The Morgan fingerprint density at radius 3 is 2.64 bits per heavy atom. The molecule has 0 amide bonds. The van der Waals surface area contributed by atoms with Crippen molar-refractivity contribution in [3.63, 3.8) is 0 Å². The van der Waals surface area contributed by atoms with E-state index in [1.165, 1.54) is 5.56 Å². The monoisotopic (exact) mass is 333 g/mol. The van der Waals surface area contributed by atoms with Gasteiger partial charge in [-0.3, -0.25) is 14.9 Å². The molecule has 0 saturated carbocycles. The molecule has 1 aromatic carbocycles. The van der Waals surface area contributed by atoms with Crippen molar-refractivity contribution in [1.82, 2.24) is 14.9 Å². The van der Waals surface area contributed by atoms with Crippen LogP contribution in [0.2, 0.25) is 0 Å². The summed E-state index contributed by atoms with van der Waals surface area (Å²) in [7, 11) is 0. The molecule has 0 atom stereocenters. The number of hydrogen-bond acceptors (Lipinski definition) is 5. The van der Waals surface area contributed by atoms with Crippen molar-refractivity contribution >= 4 is 0 Å². The van der Waals surface area contributed by atoms with Crippen LogP contribution < -0.4 is 4.74 Å². The summed E-state index contributed by atoms with van der Waals surface area (Å²) >= 11 is 0. The van der Waals surface area contributed by atoms with Crippen LogP contribution in [0, 0.1) is 0 Å². The molecule has 0 saturated heterocycles. The molecule has 2 aromatic heterocycles. The predicted molar refractivity (Wildman–Crippen MR) is 95.2 cm³/mol. The van der Waals surface area contributed by atoms with E-state index in [1.54, 1.807) is 24.7 Å². The predicted octanol–water partition coefficient (Wildman–Crippen LogP) is 3.24. The molecule has 0 fully saturated rings. The van der Waals surface area contributed by atoms with Crippen LogP contribution in [-0.2, 0) is 13.1 Å². The van der Waals surface area contributed by atoms with Gasteiger partial charge in [0.1, 0.15) is 6.61 Å². The number of phenols is 1. The molecular weight excluding hydrogens is 314 g/mol. The molecule has 3 heterocycles. The van der Waals surface area contributed by atoms with Gasteiger partial charge in [0.05, 0.1) is 0 Å². The van der Waals surface area contributed by atoms with Crippen molar-refractivity contribution in [3.8, 4) is 22.6 Å². The molecule has 5 heteroatoms. The second kappa shape index (κ2) is 6.91. The van der Waals surface area contributed by atoms with Crippen LogP contribution in [0.1, 0.15) is 11.1 Å². The third-order valence-electron chi connectivity index (χ3n) is 4.32. The average Bonchev–Trinajstić information content (AvgIpc) is 2.85. The van der Waals surface area contributed by atoms with Gasteiger partial charge in [0.15, 0.2) is 11.5 Å². The average molecular weight is 333 g/mol. The standard InChI is InChI=1S/C20H19N3O2/c24-19-10-17(16-4-2-6-22-12-16)9-18-14-23(7-8-25-20(18)19)13-15-3-1-5-21-11-15/h1-6,9-12,24H,7-8,13-14H2. The molecule has 0 aliphatic carbocycles. The van der Waals surface area contributed by atoms with Crippen LogP contribution >= 0.6 is 0 Å². The van der Waals surface area contributed by atoms with E-state index in [0.717, 1.165) is 29.8 Å². The number of phenolic OH excluding ortho intramolecular Hbond substituents is 1. The summed E-state index contributed by atoms with van der Waals surface area (Å²) in [6, 6.07) is 11.7. The van der Waals surface area contributed by atoms with Crippen molar-refractivity contribution < 1.29 is 9.84 Å². The van der Waals surface area contributed by atoms with Gasteiger partial charge in [-0.1, -0.05) is 12.1 Å². The van der Waals surface area contributed by atoms with Gasteiger partial charge < -0.3 is 9.84 Å². The fourth-order valence-electron chi connectivity index (χ4n) is 3.14. The number of hydrogen-bond donors (Lipinski definition) is 1. The fourth-order valence-corrected chi connectivity index (χ4v) is 3.14. The van der Waals surface area contributed by atoms with Gasteiger partial charge in [-0.25, -0.2) is 0 Å². The van der Waals surface area contributed by atoms with Gasteiger partial charge in [0, 0.05) is 55.5 Å². The molecule has 1 aliphatic rings. The van der Waals surface area contributed by atoms with Gasteiger partial charge >= 0.3 is 0 Å². The molecule has 1 aliphatic heterocycles. The zero-order chi connectivity index (χ0) is 17.1. The Morgan fingerprint density at radius 1 is 1.04 bits per heavy atom. The number of aromatic hydroxyl groups is 1. The number of nitrogens with zero attached hydrogens (tertiary/aromatic N) is 3. The Bertz CT molecular complexity index is 854. The Labute approximate surface area is 146 Å². The molecule has 25 heavy (non-hydrogen) atoms. The first kappa shape index (κ1) is 15.6. The first-order valence-corrected chi connectivity index (χ1v) is 8.30. The van der Waals surface area contributed by atoms with E-state index in [0.29, 0.717) is 18.9 Å². The summed E-state index contributed by atoms with van der Waals surface area (Å²) in [6.45, 7) is 2.86. The molecule has 0 bridgehead atoms. The smallest absolute Gasteiger partial charge is 0.165 e. The van der Waals surface area contributed by atoms with E-state index in [-0.39, 0.29) is 5.75 Å². The van der Waals surface area contributed by atoms with Gasteiger partial charge in [0.2, 0.25) is 0 Å². The first-order valence-electron chi connectivity index (χ1n) is 8.30. The van der Waals surface area contributed by atoms with E-state index in [1.807, 2.05) is 24.4 Å². The highest BCUT2D eigenvalue weighted by atomic mass is 16.5. The summed E-state index contributed by atoms with van der Waals surface area (Å²) in [5, 5.41) is 10.4. The Kier molecular flexibility index (Phi) is 4.31. The normalized spacial score (nSPS) is 14.4. The van der Waals surface area contributed by atoms with Gasteiger partial charge in [-0.15, -0.1) is 0 Å². The van der Waals surface area contributed by atoms with E-state index in [9.17, 15) is 5.11 Å². The number of pyridine rings is 2. The summed E-state index contributed by atoms with van der Waals surface area (Å²) in [4.78, 5) is 10.6. The first-order chi connectivity index (χ1) is 12.3. The van der Waals surface area contributed by atoms with Crippen LogP contribution in [-0.4, -0.2) is 33.1 Å². The minimum absolute atomic E-state index is 0.180. The minimum Gasteiger partial charge on any atom is -0.504 e. The van der Waals surface area contributed by atoms with E-state index in [2.05, 4.69) is 27.0 Å². The molecule has 3 aromatic rings. The van der Waals surface area contributed by atoms with Gasteiger partial charge in [0.25, 0.3) is 0 Å². The van der Waals surface area contributed by atoms with Crippen molar-refractivity contribution in [2.24, 2.45) is 0 Å². The summed E-state index contributed by atoms with van der Waals surface area (Å²) < 4.78 is 5.82. The lowest BCUT2D eigenvalue weighted by Crippen LogP contribution is -2.25. The zero-order valence-electron chi connectivity index (χ0n) is 13.8. The SMILES string of the molecule is Oc1cc(-c2cccnc2)cc2c1OCCN(Cc1cccnc1)C2. The zero-order valence-corrected chi connectivity index (χ0v) is 13.8. The molecule has 5 nitrogen and oxygen atoms in total. The number of ether oxygens (including phenoxy) is 1. The number of fused-ring (bicyclic) bond motifs is 1. The van der Waals surface area contributed by atoms with E-state index in [4.69, 9.17) is 4.74 Å². The van der Waals surface area contributed by atoms with Crippen molar-refractivity contribution in [2.45, 2.75) is 13.1 Å². The lowest BCUT2D eigenvalue weighted by molar-refractivity contribution is 0.217. The maximum atomic E-state index is 10.4. The lowest BCUT2D eigenvalue weighted by Gasteiger charge is -2.19. The Morgan fingerprint density at radius 2 is 1.88 bits per heavy atom. The molecule has 1 N–H and O–H groups in total. The van der Waals surface area contributed by atoms with Gasteiger partial charge in [-0.05, 0) is 35.4 Å². The molecule has 126 valence electrons. The number of rotatable bonds is 3. The van der Waals surface area contributed by atoms with E-state index < -0.39 is 0 Å². The van der Waals surface area contributed by atoms with Crippen molar-refractivity contribution in [2.75, 3.05) is 13.2 Å². The number of benzene rings is 1. The van der Waals surface area contributed by atoms with Crippen molar-refractivity contribution in [1.29, 1.82) is 0 Å². The minimum atomic E-state index is 0.180. The third kappa shape index (κ3) is 3.46. The van der Waals surface area contributed by atoms with Crippen LogP contribution in [0.5, 0.6) is 11.5 Å². The molecule has 0 radical (unpaired) electrons. The number of aromatic nitrogens is 2. The maximum absolute atomic E-state index is 10.4. The second-order valence-electron chi connectivity index (χ2n) is 6.15. The highest BCUT2D eigenvalue weighted by Crippen LogP contribution is 2.37. The second-order valence-corrected chi connectivity index (χ2v) is 6.15. The van der Waals surface area contributed by atoms with E-state index >= 15 is 0 Å². The fraction of sp³-hybridized carbons (Fsp3) is 0.200. The van der Waals surface area contributed by atoms with Crippen molar-refractivity contribution in [3.05, 3.63) is 72.3 Å². The highest BCUT2D eigenvalue weighted by Gasteiger charge is 2.20. The summed E-state index contributed by atoms with van der Waals surface area (Å²) in [5.41, 5.74) is 4.07. The van der Waals surface area contributed by atoms with Crippen LogP contribution in [0.3, 0.4) is 0 Å². The molecule has 0 unspecified atom stereocenters. The van der Waals surface area contributed by atoms with Crippen LogP contribution in [0.4, 0.5) is 0 Å². The summed E-state index contributed by atoms with van der Waals surface area (Å²) in [5.74, 6) is 0.765. The largest absolute Gasteiger partial charge is 0.504 e. The highest BCUT2D eigenvalue weighted by molar-refractivity contribution is 5.68. The third-order valence-corrected chi connectivity index (χ3v) is 4.32. The van der Waals surface area contributed by atoms with Crippen LogP contribution in [0.15, 0.2) is 61.2 Å². The van der Waals surface area contributed by atoms with Crippen LogP contribution in [0.25, 0.3) is 11.1 Å². The Balaban J connectivity index is 1.64. The maximum Gasteiger partial charge on any atom is 0.165 e. The Hall–Kier alpha value is -2.92. The lowest BCUT2D eigenvalue weighted by atomic mass is 10.0.